The van der Waals surface area contributed by atoms with Crippen molar-refractivity contribution in [3.63, 3.8) is 0 Å². The Morgan fingerprint density at radius 2 is 1.51 bits per heavy atom. The highest BCUT2D eigenvalue weighted by molar-refractivity contribution is 7.99. The first-order chi connectivity index (χ1) is 27.3. The lowest BCUT2D eigenvalue weighted by Crippen LogP contribution is -2.44. The lowest BCUT2D eigenvalue weighted by atomic mass is 9.83. The number of aromatic nitrogens is 1. The molecule has 6 rings (SSSR count). The van der Waals surface area contributed by atoms with E-state index < -0.39 is 40.8 Å². The Balaban J connectivity index is 1.24. The predicted octanol–water partition coefficient (Wildman–Crippen LogP) is 8.88. The van der Waals surface area contributed by atoms with Gasteiger partial charge in [-0.1, -0.05) is 99.6 Å². The van der Waals surface area contributed by atoms with Gasteiger partial charge in [0.25, 0.3) is 5.91 Å². The number of halogens is 2. The number of fused-ring (bicyclic) bond motifs is 3. The second-order valence-electron chi connectivity index (χ2n) is 15.4. The molecule has 1 aromatic heterocycles. The highest BCUT2D eigenvalue weighted by Crippen LogP contribution is 2.46. The van der Waals surface area contributed by atoms with E-state index in [1.165, 1.54) is 11.8 Å². The first kappa shape index (κ1) is 41.1. The maximum atomic E-state index is 15.2. The first-order valence-electron chi connectivity index (χ1n) is 19.1. The smallest absolute Gasteiger partial charge is 0.304 e. The Hall–Kier alpha value is -5.55. The van der Waals surface area contributed by atoms with Crippen LogP contribution in [0.25, 0.3) is 22.3 Å². The van der Waals surface area contributed by atoms with Crippen LogP contribution in [0.3, 0.4) is 0 Å². The van der Waals surface area contributed by atoms with Crippen LogP contribution in [0.1, 0.15) is 74.4 Å². The fraction of sp³-hybridized carbons (Fsp3) is 0.304. The zero-order valence-corrected chi connectivity index (χ0v) is 33.2. The van der Waals surface area contributed by atoms with Crippen molar-refractivity contribution in [2.45, 2.75) is 58.5 Å². The molecule has 2 N–H and O–H groups in total. The van der Waals surface area contributed by atoms with Gasteiger partial charge in [-0.15, -0.1) is 0 Å². The predicted molar refractivity (Wildman–Crippen MR) is 220 cm³/mol. The van der Waals surface area contributed by atoms with Crippen LogP contribution in [0.5, 0.6) is 0 Å². The van der Waals surface area contributed by atoms with Gasteiger partial charge in [0.2, 0.25) is 11.7 Å². The number of aliphatic carboxylic acids is 1. The van der Waals surface area contributed by atoms with Crippen molar-refractivity contribution in [2.24, 2.45) is 5.41 Å². The number of carboxylic acid groups (broad SMARTS) is 1. The summed E-state index contributed by atoms with van der Waals surface area (Å²) in [5.74, 6) is -3.54. The van der Waals surface area contributed by atoms with Crippen LogP contribution >= 0.6 is 11.8 Å². The number of rotatable bonds is 17. The van der Waals surface area contributed by atoms with Gasteiger partial charge in [-0.05, 0) is 63.9 Å². The Bertz CT molecular complexity index is 2200. The molecule has 11 heteroatoms. The Morgan fingerprint density at radius 1 is 0.860 bits per heavy atom. The summed E-state index contributed by atoms with van der Waals surface area (Å²) in [6, 6.07) is 30.1. The van der Waals surface area contributed by atoms with Crippen LogP contribution < -0.4 is 5.32 Å². The maximum absolute atomic E-state index is 15.2. The summed E-state index contributed by atoms with van der Waals surface area (Å²) >= 11 is 1.22. The topological polar surface area (TPSA) is 109 Å². The minimum Gasteiger partial charge on any atom is -0.481 e. The summed E-state index contributed by atoms with van der Waals surface area (Å²) in [5.41, 5.74) is 5.79. The number of hydrogen-bond acceptors (Lipinski definition) is 5. The van der Waals surface area contributed by atoms with Gasteiger partial charge in [-0.2, -0.15) is 11.8 Å². The van der Waals surface area contributed by atoms with Crippen molar-refractivity contribution in [3.8, 4) is 22.3 Å². The normalized spacial score (nSPS) is 12.8. The number of Topliss-reactive ketones (excluding diaryl/α,β-unsaturated/α-hetero) is 1. The summed E-state index contributed by atoms with van der Waals surface area (Å²) < 4.78 is 31.6. The van der Waals surface area contributed by atoms with Gasteiger partial charge in [0, 0.05) is 60.7 Å². The number of thioether (sulfide) groups is 1. The van der Waals surface area contributed by atoms with E-state index >= 15 is 4.39 Å². The molecular formula is C46H47F2N3O5S. The zero-order chi connectivity index (χ0) is 40.7. The van der Waals surface area contributed by atoms with E-state index in [2.05, 4.69) is 5.32 Å². The van der Waals surface area contributed by atoms with E-state index in [4.69, 9.17) is 0 Å². The highest BCUT2D eigenvalue weighted by atomic mass is 32.2. The average Bonchev–Trinajstić information content (AvgIpc) is 3.73. The molecule has 0 fully saturated rings. The number of nitrogens with zero attached hydrogens (tertiary/aromatic N) is 2. The molecule has 2 amide bonds. The summed E-state index contributed by atoms with van der Waals surface area (Å²) in [5, 5.41) is 12.0. The molecule has 0 radical (unpaired) electrons. The Morgan fingerprint density at radius 3 is 2.16 bits per heavy atom. The van der Waals surface area contributed by atoms with Crippen molar-refractivity contribution in [3.05, 3.63) is 143 Å². The number of amides is 2. The lowest BCUT2D eigenvalue weighted by Gasteiger charge is -2.41. The third kappa shape index (κ3) is 9.89. The molecule has 296 valence electrons. The number of carbonyl (C=O) groups excluding carboxylic acids is 3. The fourth-order valence-electron chi connectivity index (χ4n) is 7.72. The van der Waals surface area contributed by atoms with Gasteiger partial charge in [-0.3, -0.25) is 19.2 Å². The quantitative estimate of drug-likeness (QED) is 0.0720. The van der Waals surface area contributed by atoms with Crippen LogP contribution in [-0.4, -0.2) is 62.7 Å². The van der Waals surface area contributed by atoms with Crippen LogP contribution in [0.2, 0.25) is 0 Å². The number of hydrogen-bond donors (Lipinski definition) is 2. The molecule has 1 aliphatic carbocycles. The van der Waals surface area contributed by atoms with Gasteiger partial charge in [-0.25, -0.2) is 8.78 Å². The van der Waals surface area contributed by atoms with Crippen LogP contribution in [0, 0.1) is 17.0 Å². The van der Waals surface area contributed by atoms with Crippen LogP contribution in [0.15, 0.2) is 109 Å². The van der Waals surface area contributed by atoms with Gasteiger partial charge >= 0.3 is 5.97 Å². The molecule has 1 aliphatic rings. The molecule has 5 aromatic rings. The van der Waals surface area contributed by atoms with Crippen molar-refractivity contribution in [1.82, 2.24) is 14.8 Å². The number of nitrogens with one attached hydrogen (secondary N) is 1. The third-order valence-corrected chi connectivity index (χ3v) is 11.2. The standard InChI is InChI=1S/C46H47F2N3O5S/c1-46(2,3)44(40-24-31(37-25-32(47)18-19-39(37)48)28-50(40)27-30-12-5-4-6-13-30)51(42(53)29-57-23-20-43(54)55)22-11-21-49-45(56)41(52)26-38-35-16-9-7-14-33(35)34-15-8-10-17-36(34)38/h4-10,12-19,24-25,28,38,44H,11,20-23,26-27,29H2,1-3H3,(H,49,56)(H,54,55)/t44-/m0/s1. The molecular weight excluding hydrogens is 745 g/mol. The van der Waals surface area contributed by atoms with Gasteiger partial charge in [0.15, 0.2) is 0 Å². The molecule has 8 nitrogen and oxygen atoms in total. The molecule has 4 aromatic carbocycles. The highest BCUT2D eigenvalue weighted by Gasteiger charge is 2.37. The number of carbonyl (C=O) groups is 4. The third-order valence-electron chi connectivity index (χ3n) is 10.3. The van der Waals surface area contributed by atoms with Crippen LogP contribution in [0.4, 0.5) is 8.78 Å². The van der Waals surface area contributed by atoms with E-state index in [-0.39, 0.29) is 54.8 Å². The number of ketones is 1. The number of carboxylic acids is 1. The summed E-state index contributed by atoms with van der Waals surface area (Å²) in [6.07, 6.45) is 2.02. The lowest BCUT2D eigenvalue weighted by molar-refractivity contribution is -0.138. The van der Waals surface area contributed by atoms with Crippen LogP contribution in [-0.2, 0) is 25.7 Å². The fourth-order valence-corrected chi connectivity index (χ4v) is 8.52. The van der Waals surface area contributed by atoms with Crippen molar-refractivity contribution in [2.75, 3.05) is 24.6 Å². The molecule has 1 atom stereocenters. The van der Waals surface area contributed by atoms with E-state index in [9.17, 15) is 28.7 Å². The zero-order valence-electron chi connectivity index (χ0n) is 32.3. The molecule has 57 heavy (non-hydrogen) atoms. The van der Waals surface area contributed by atoms with Crippen molar-refractivity contribution >= 4 is 35.3 Å². The molecule has 1 heterocycles. The minimum atomic E-state index is -0.957. The molecule has 0 bridgehead atoms. The van der Waals surface area contributed by atoms with Crippen molar-refractivity contribution < 1.29 is 33.1 Å². The second kappa shape index (κ2) is 18.1. The number of benzene rings is 4. The molecule has 0 saturated heterocycles. The Kier molecular flexibility index (Phi) is 13.1. The van der Waals surface area contributed by atoms with Crippen molar-refractivity contribution in [1.29, 1.82) is 0 Å². The minimum absolute atomic E-state index is 0.0137. The van der Waals surface area contributed by atoms with Gasteiger partial charge < -0.3 is 19.9 Å². The van der Waals surface area contributed by atoms with Gasteiger partial charge in [0.1, 0.15) is 11.6 Å². The average molecular weight is 792 g/mol. The Labute approximate surface area is 336 Å². The second-order valence-corrected chi connectivity index (χ2v) is 16.5. The summed E-state index contributed by atoms with van der Waals surface area (Å²) in [6.45, 7) is 6.70. The largest absolute Gasteiger partial charge is 0.481 e. The van der Waals surface area contributed by atoms with E-state index in [1.807, 2.05) is 104 Å². The first-order valence-corrected chi connectivity index (χ1v) is 20.2. The summed E-state index contributed by atoms with van der Waals surface area (Å²) in [4.78, 5) is 53.8. The molecule has 0 saturated carbocycles. The summed E-state index contributed by atoms with van der Waals surface area (Å²) in [7, 11) is 0. The SMILES string of the molecule is CC(C)(C)[C@H](c1cc(-c2cc(F)ccc2F)cn1Cc1ccccc1)N(CCCNC(=O)C(=O)CC1c2ccccc2-c2ccccc21)C(=O)CSCCC(=O)O. The monoisotopic (exact) mass is 791 g/mol. The molecule has 0 aliphatic heterocycles. The van der Waals surface area contributed by atoms with Gasteiger partial charge in [0.05, 0.1) is 18.2 Å². The van der Waals surface area contributed by atoms with E-state index in [1.54, 1.807) is 17.2 Å². The molecule has 0 spiro atoms. The maximum Gasteiger partial charge on any atom is 0.304 e. The van der Waals surface area contributed by atoms with E-state index in [0.717, 1.165) is 46.0 Å². The van der Waals surface area contributed by atoms with E-state index in [0.29, 0.717) is 24.2 Å². The molecule has 0 unspecified atom stereocenters.